The average Bonchev–Trinajstić information content (AvgIpc) is 3.09. The van der Waals surface area contributed by atoms with Crippen molar-refractivity contribution in [1.82, 2.24) is 0 Å². The summed E-state index contributed by atoms with van der Waals surface area (Å²) in [6.45, 7) is 10.9. The van der Waals surface area contributed by atoms with Gasteiger partial charge in [0.25, 0.3) is 0 Å². The van der Waals surface area contributed by atoms with Crippen LogP contribution in [0.1, 0.15) is 43.0 Å². The molecule has 0 amide bonds. The van der Waals surface area contributed by atoms with Crippen LogP contribution in [0.3, 0.4) is 0 Å². The molecule has 5 rings (SSSR count). The van der Waals surface area contributed by atoms with Gasteiger partial charge in [0, 0.05) is 11.0 Å². The molecule has 5 aromatic rings. The summed E-state index contributed by atoms with van der Waals surface area (Å²) in [7, 11) is 3.40. The van der Waals surface area contributed by atoms with Crippen molar-refractivity contribution in [3.05, 3.63) is 162 Å². The smallest absolute Gasteiger partial charge is 0.146 e. The molecular weight excluding hydrogens is 597 g/mol. The molecule has 0 heterocycles. The molecule has 0 saturated heterocycles. The number of benzene rings is 5. The van der Waals surface area contributed by atoms with Gasteiger partial charge < -0.3 is 19.9 Å². The number of methoxy groups -OCH3 is 2. The van der Waals surface area contributed by atoms with E-state index in [9.17, 15) is 5.11 Å². The van der Waals surface area contributed by atoms with Gasteiger partial charge in [0.2, 0.25) is 0 Å². The summed E-state index contributed by atoms with van der Waals surface area (Å²) in [5.74, 6) is 1.63. The van der Waals surface area contributed by atoms with Gasteiger partial charge >= 0.3 is 0 Å². The van der Waals surface area contributed by atoms with Crippen LogP contribution in [0.25, 0.3) is 16.8 Å². The van der Waals surface area contributed by atoms with Gasteiger partial charge in [0.1, 0.15) is 17.2 Å². The lowest BCUT2D eigenvalue weighted by Gasteiger charge is -2.24. The monoisotopic (exact) mass is 639 g/mol. The zero-order valence-corrected chi connectivity index (χ0v) is 28.7. The molecule has 0 fully saturated rings. The molecule has 0 spiro atoms. The zero-order chi connectivity index (χ0) is 33.4. The van der Waals surface area contributed by atoms with Crippen LogP contribution in [0, 0.1) is 0 Å². The molecule has 47 heavy (non-hydrogen) atoms. The molecule has 238 valence electrons. The van der Waals surface area contributed by atoms with Crippen molar-refractivity contribution >= 4 is 41.7 Å². The minimum atomic E-state index is -0.173. The fourth-order valence-corrected chi connectivity index (χ4v) is 6.61. The van der Waals surface area contributed by atoms with Crippen molar-refractivity contribution in [1.29, 1.82) is 0 Å². The highest BCUT2D eigenvalue weighted by molar-refractivity contribution is 7.56. The molecule has 2 N–H and O–H groups in total. The molecule has 0 bridgehead atoms. The van der Waals surface area contributed by atoms with Gasteiger partial charge in [-0.3, -0.25) is 0 Å². The number of anilines is 1. The maximum Gasteiger partial charge on any atom is 0.146 e. The first kappa shape index (κ1) is 33.3. The number of aromatic hydroxyl groups is 1. The van der Waals surface area contributed by atoms with E-state index in [4.69, 9.17) is 9.47 Å². The zero-order valence-electron chi connectivity index (χ0n) is 27.7. The minimum Gasteiger partial charge on any atom is -0.505 e. The van der Waals surface area contributed by atoms with Crippen molar-refractivity contribution in [2.24, 2.45) is 0 Å². The van der Waals surface area contributed by atoms with Crippen LogP contribution in [0.5, 0.6) is 17.2 Å². The van der Waals surface area contributed by atoms with Gasteiger partial charge in [-0.15, -0.1) is 0 Å². The van der Waals surface area contributed by atoms with Crippen molar-refractivity contribution in [2.45, 2.75) is 26.2 Å². The summed E-state index contributed by atoms with van der Waals surface area (Å²) in [5, 5.41) is 17.3. The Hall–Kier alpha value is -5.05. The second-order valence-electron chi connectivity index (χ2n) is 12.2. The van der Waals surface area contributed by atoms with Gasteiger partial charge in [-0.25, -0.2) is 0 Å². The van der Waals surface area contributed by atoms with Crippen LogP contribution in [0.15, 0.2) is 140 Å². The third-order valence-corrected chi connectivity index (χ3v) is 9.29. The lowest BCUT2D eigenvalue weighted by Crippen LogP contribution is -2.17. The summed E-state index contributed by atoms with van der Waals surface area (Å²) in [6, 6.07) is 40.5. The molecule has 0 aliphatic rings. The first-order valence-electron chi connectivity index (χ1n) is 15.6. The van der Waals surface area contributed by atoms with Crippen molar-refractivity contribution in [2.75, 3.05) is 19.5 Å². The summed E-state index contributed by atoms with van der Waals surface area (Å²) in [6.07, 6.45) is 4.24. The van der Waals surface area contributed by atoms with Crippen LogP contribution >= 0.6 is 8.58 Å². The first-order chi connectivity index (χ1) is 22.7. The Morgan fingerprint density at radius 1 is 0.702 bits per heavy atom. The molecule has 0 aliphatic heterocycles. The molecule has 5 aromatic carbocycles. The Bertz CT molecular complexity index is 1870. The largest absolute Gasteiger partial charge is 0.505 e. The molecule has 1 atom stereocenters. The third-order valence-electron chi connectivity index (χ3n) is 7.90. The molecule has 0 aliphatic carbocycles. The summed E-state index contributed by atoms with van der Waals surface area (Å²) < 4.78 is 11.4. The Morgan fingerprint density at radius 2 is 1.23 bits per heavy atom. The van der Waals surface area contributed by atoms with E-state index in [0.29, 0.717) is 5.69 Å². The second-order valence-corrected chi connectivity index (χ2v) is 13.5. The summed E-state index contributed by atoms with van der Waals surface area (Å²) >= 11 is 0. The standard InChI is InChI=1S/C42H42NO3P/c1-29(30-17-10-7-11-18-30)25-33(31-19-12-8-13-20-31)26-35(32-21-14-9-15-22-32)43-36-27-34(42(2,3)4)28-39(40(36)44)47-41-37(45-5)23-16-24-38(41)46-6/h7-28,43-44,47H,1H2,2-6H3/b33-25+,35-26-. The maximum absolute atomic E-state index is 11.9. The average molecular weight is 640 g/mol. The van der Waals surface area contributed by atoms with Gasteiger partial charge in [-0.1, -0.05) is 124 Å². The number of allylic oxidation sites excluding steroid dienone is 4. The van der Waals surface area contributed by atoms with Gasteiger partial charge in [-0.05, 0) is 83.8 Å². The van der Waals surface area contributed by atoms with Gasteiger partial charge in [0.15, 0.2) is 0 Å². The van der Waals surface area contributed by atoms with E-state index in [0.717, 1.165) is 61.2 Å². The predicted molar refractivity (Wildman–Crippen MR) is 202 cm³/mol. The Labute approximate surface area is 280 Å². The van der Waals surface area contributed by atoms with E-state index in [1.54, 1.807) is 14.2 Å². The number of phenolic OH excluding ortho intramolecular Hbond substituents is 1. The van der Waals surface area contributed by atoms with E-state index in [-0.39, 0.29) is 19.7 Å². The van der Waals surface area contributed by atoms with Crippen molar-refractivity contribution in [3.63, 3.8) is 0 Å². The van der Waals surface area contributed by atoms with Crippen LogP contribution in [-0.2, 0) is 5.41 Å². The van der Waals surface area contributed by atoms with Crippen molar-refractivity contribution < 1.29 is 14.6 Å². The maximum atomic E-state index is 11.9. The van der Waals surface area contributed by atoms with Gasteiger partial charge in [-0.2, -0.15) is 0 Å². The highest BCUT2D eigenvalue weighted by atomic mass is 31.1. The summed E-state index contributed by atoms with van der Waals surface area (Å²) in [5.41, 5.74) is 7.36. The van der Waals surface area contributed by atoms with E-state index < -0.39 is 0 Å². The van der Waals surface area contributed by atoms with E-state index >= 15 is 0 Å². The summed E-state index contributed by atoms with van der Waals surface area (Å²) in [4.78, 5) is 0. The highest BCUT2D eigenvalue weighted by Crippen LogP contribution is 2.38. The minimum absolute atomic E-state index is 0.0935. The van der Waals surface area contributed by atoms with Crippen LogP contribution in [0.4, 0.5) is 5.69 Å². The molecule has 0 saturated carbocycles. The normalized spacial score (nSPS) is 12.3. The topological polar surface area (TPSA) is 50.7 Å². The number of hydrogen-bond donors (Lipinski definition) is 2. The van der Waals surface area contributed by atoms with E-state index in [2.05, 4.69) is 87.3 Å². The van der Waals surface area contributed by atoms with Gasteiger partial charge in [0.05, 0.1) is 25.2 Å². The van der Waals surface area contributed by atoms with Crippen LogP contribution < -0.4 is 25.4 Å². The molecule has 0 aromatic heterocycles. The van der Waals surface area contributed by atoms with Crippen LogP contribution in [-0.4, -0.2) is 19.3 Å². The Morgan fingerprint density at radius 3 is 1.77 bits per heavy atom. The molecule has 0 radical (unpaired) electrons. The Kier molecular flexibility index (Phi) is 10.7. The van der Waals surface area contributed by atoms with Crippen LogP contribution in [0.2, 0.25) is 0 Å². The van der Waals surface area contributed by atoms with E-state index in [1.165, 1.54) is 0 Å². The fraction of sp³-hybridized carbons (Fsp3) is 0.143. The molecule has 5 heteroatoms. The Balaban J connectivity index is 1.67. The number of rotatable bonds is 11. The number of ether oxygens (including phenoxy) is 2. The number of hydrogen-bond acceptors (Lipinski definition) is 4. The second kappa shape index (κ2) is 15.0. The molecule has 1 unspecified atom stereocenters. The molecular formula is C42H42NO3P. The lowest BCUT2D eigenvalue weighted by molar-refractivity contribution is 0.401. The lowest BCUT2D eigenvalue weighted by atomic mass is 9.86. The number of phenols is 1. The first-order valence-corrected chi connectivity index (χ1v) is 16.6. The fourth-order valence-electron chi connectivity index (χ4n) is 5.24. The number of nitrogens with one attached hydrogen (secondary N) is 1. The third kappa shape index (κ3) is 8.22. The van der Waals surface area contributed by atoms with Crippen molar-refractivity contribution in [3.8, 4) is 17.2 Å². The highest BCUT2D eigenvalue weighted by Gasteiger charge is 2.22. The SMILES string of the molecule is C=C(/C=C(\C=C(/Nc1cc(C(C)(C)C)cc(Pc2c(OC)cccc2OC)c1O)c1ccccc1)c1ccccc1)c1ccccc1. The van der Waals surface area contributed by atoms with E-state index in [1.807, 2.05) is 78.9 Å². The predicted octanol–water partition coefficient (Wildman–Crippen LogP) is 9.59. The quantitative estimate of drug-likeness (QED) is 0.0859. The molecule has 4 nitrogen and oxygen atoms in total.